The van der Waals surface area contributed by atoms with E-state index < -0.39 is 10.0 Å². The van der Waals surface area contributed by atoms with Crippen molar-refractivity contribution in [3.8, 4) is 0 Å². The number of anilines is 1. The van der Waals surface area contributed by atoms with Gasteiger partial charge in [0.1, 0.15) is 0 Å². The Labute approximate surface area is 187 Å². The number of halogens is 1. The number of aliphatic imine (C=N–C) groups is 1. The van der Waals surface area contributed by atoms with Gasteiger partial charge < -0.3 is 15.1 Å². The van der Waals surface area contributed by atoms with Crippen molar-refractivity contribution in [3.63, 3.8) is 0 Å². The lowest BCUT2D eigenvalue weighted by molar-refractivity contribution is 0.373. The highest BCUT2D eigenvalue weighted by molar-refractivity contribution is 14.0. The molecular formula is C19H34IN5O2S. The summed E-state index contributed by atoms with van der Waals surface area (Å²) in [7, 11) is -1.53. The van der Waals surface area contributed by atoms with E-state index in [-0.39, 0.29) is 35.8 Å². The second-order valence-electron chi connectivity index (χ2n) is 7.26. The molecule has 0 aliphatic carbocycles. The van der Waals surface area contributed by atoms with Crippen molar-refractivity contribution in [3.05, 3.63) is 29.3 Å². The highest BCUT2D eigenvalue weighted by Crippen LogP contribution is 2.23. The Balaban J connectivity index is 0.00000392. The molecule has 1 heterocycles. The average Bonchev–Trinajstić information content (AvgIpc) is 2.60. The first-order valence-corrected chi connectivity index (χ1v) is 11.2. The summed E-state index contributed by atoms with van der Waals surface area (Å²) in [5.41, 5.74) is 3.93. The minimum absolute atomic E-state index is 0. The molecule has 1 aromatic carbocycles. The van der Waals surface area contributed by atoms with Gasteiger partial charge in [0.15, 0.2) is 5.96 Å². The van der Waals surface area contributed by atoms with E-state index in [9.17, 15) is 8.42 Å². The molecule has 2 rings (SSSR count). The van der Waals surface area contributed by atoms with E-state index in [0.717, 1.165) is 32.1 Å². The number of hydrogen-bond acceptors (Lipinski definition) is 4. The lowest BCUT2D eigenvalue weighted by Crippen LogP contribution is -2.53. The van der Waals surface area contributed by atoms with Crippen LogP contribution in [0.5, 0.6) is 0 Å². The number of hydrogen-bond donors (Lipinski definition) is 2. The number of nitrogens with one attached hydrogen (secondary N) is 2. The molecular weight excluding hydrogens is 489 g/mol. The number of nitrogens with zero attached hydrogens (tertiary/aromatic N) is 3. The van der Waals surface area contributed by atoms with E-state index in [1.807, 2.05) is 13.8 Å². The fourth-order valence-electron chi connectivity index (χ4n) is 3.28. The SMILES string of the molecule is CN=C(NCCS(=O)(=O)NC(C)C)N1CCN(c2cccc(C)c2C)CC1.I. The van der Waals surface area contributed by atoms with Gasteiger partial charge in [-0.25, -0.2) is 13.1 Å². The molecule has 28 heavy (non-hydrogen) atoms. The van der Waals surface area contributed by atoms with Crippen LogP contribution in [0.15, 0.2) is 23.2 Å². The van der Waals surface area contributed by atoms with Gasteiger partial charge in [-0.1, -0.05) is 12.1 Å². The molecule has 1 aliphatic heterocycles. The smallest absolute Gasteiger partial charge is 0.213 e. The average molecular weight is 523 g/mol. The molecule has 0 aromatic heterocycles. The standard InChI is InChI=1S/C19H33N5O2S.HI/c1-15(2)22-27(25,26)14-9-21-19(20-5)24-12-10-23(11-13-24)18-8-6-7-16(3)17(18)4;/h6-8,15,22H,9-14H2,1-5H3,(H,20,21);1H. The number of rotatable bonds is 6. The Morgan fingerprint density at radius 3 is 2.39 bits per heavy atom. The Hall–Kier alpha value is -1.07. The fraction of sp³-hybridized carbons (Fsp3) is 0.632. The number of aryl methyl sites for hydroxylation is 1. The topological polar surface area (TPSA) is 77.0 Å². The molecule has 1 saturated heterocycles. The highest BCUT2D eigenvalue weighted by atomic mass is 127. The Kier molecular flexibility index (Phi) is 9.99. The maximum Gasteiger partial charge on any atom is 0.213 e. The van der Waals surface area contributed by atoms with Gasteiger partial charge in [-0.3, -0.25) is 4.99 Å². The van der Waals surface area contributed by atoms with Gasteiger partial charge in [0.2, 0.25) is 10.0 Å². The van der Waals surface area contributed by atoms with Crippen LogP contribution in [0.4, 0.5) is 5.69 Å². The third-order valence-corrected chi connectivity index (χ3v) is 6.35. The zero-order valence-electron chi connectivity index (χ0n) is 17.5. The second kappa shape index (κ2) is 11.2. The first-order valence-electron chi connectivity index (χ1n) is 9.50. The monoisotopic (exact) mass is 523 g/mol. The van der Waals surface area contributed by atoms with E-state index in [1.54, 1.807) is 7.05 Å². The number of sulfonamides is 1. The molecule has 1 fully saturated rings. The maximum absolute atomic E-state index is 11.9. The maximum atomic E-state index is 11.9. The summed E-state index contributed by atoms with van der Waals surface area (Å²) in [5, 5.41) is 3.18. The van der Waals surface area contributed by atoms with Crippen molar-refractivity contribution in [2.45, 2.75) is 33.7 Å². The van der Waals surface area contributed by atoms with E-state index in [2.05, 4.69) is 56.9 Å². The van der Waals surface area contributed by atoms with Gasteiger partial charge in [-0.05, 0) is 44.9 Å². The van der Waals surface area contributed by atoms with Crippen molar-refractivity contribution in [2.75, 3.05) is 50.4 Å². The van der Waals surface area contributed by atoms with Crippen molar-refractivity contribution >= 4 is 45.6 Å². The highest BCUT2D eigenvalue weighted by Gasteiger charge is 2.21. The second-order valence-corrected chi connectivity index (χ2v) is 9.13. The van der Waals surface area contributed by atoms with Gasteiger partial charge in [-0.2, -0.15) is 0 Å². The zero-order valence-corrected chi connectivity index (χ0v) is 20.7. The third-order valence-electron chi connectivity index (χ3n) is 4.78. The van der Waals surface area contributed by atoms with Gasteiger partial charge in [0.05, 0.1) is 5.75 Å². The molecule has 0 saturated carbocycles. The van der Waals surface area contributed by atoms with E-state index in [4.69, 9.17) is 0 Å². The summed E-state index contributed by atoms with van der Waals surface area (Å²) in [6.45, 7) is 11.8. The molecule has 1 aliphatic rings. The van der Waals surface area contributed by atoms with Crippen LogP contribution < -0.4 is 14.9 Å². The summed E-state index contributed by atoms with van der Waals surface area (Å²) in [6.07, 6.45) is 0. The number of guanidine groups is 1. The Morgan fingerprint density at radius 1 is 1.18 bits per heavy atom. The normalized spacial score (nSPS) is 15.6. The van der Waals surface area contributed by atoms with Crippen molar-refractivity contribution in [1.82, 2.24) is 14.9 Å². The third kappa shape index (κ3) is 7.07. The predicted octanol–water partition coefficient (Wildman–Crippen LogP) is 1.95. The minimum atomic E-state index is -3.26. The summed E-state index contributed by atoms with van der Waals surface area (Å²) in [4.78, 5) is 8.91. The molecule has 2 N–H and O–H groups in total. The van der Waals surface area contributed by atoms with Crippen molar-refractivity contribution < 1.29 is 8.42 Å². The molecule has 0 atom stereocenters. The van der Waals surface area contributed by atoms with Gasteiger partial charge in [-0.15, -0.1) is 24.0 Å². The van der Waals surface area contributed by atoms with Crippen LogP contribution in [0, 0.1) is 13.8 Å². The van der Waals surface area contributed by atoms with Gasteiger partial charge in [0.25, 0.3) is 0 Å². The Morgan fingerprint density at radius 2 is 1.82 bits per heavy atom. The molecule has 160 valence electrons. The van der Waals surface area contributed by atoms with Gasteiger partial charge in [0, 0.05) is 51.5 Å². The molecule has 1 aromatic rings. The first-order chi connectivity index (χ1) is 12.7. The largest absolute Gasteiger partial charge is 0.368 e. The summed E-state index contributed by atoms with van der Waals surface area (Å²) >= 11 is 0. The fourth-order valence-corrected chi connectivity index (χ4v) is 4.49. The molecule has 9 heteroatoms. The van der Waals surface area contributed by atoms with Crippen LogP contribution in [-0.2, 0) is 10.0 Å². The molecule has 0 radical (unpaired) electrons. The van der Waals surface area contributed by atoms with E-state index >= 15 is 0 Å². The molecule has 0 bridgehead atoms. The quantitative estimate of drug-likeness (QED) is 0.339. The van der Waals surface area contributed by atoms with Gasteiger partial charge >= 0.3 is 0 Å². The van der Waals surface area contributed by atoms with Crippen LogP contribution >= 0.6 is 24.0 Å². The summed E-state index contributed by atoms with van der Waals surface area (Å²) in [5.74, 6) is 0.794. The van der Waals surface area contributed by atoms with Crippen LogP contribution in [0.3, 0.4) is 0 Å². The lowest BCUT2D eigenvalue weighted by Gasteiger charge is -2.38. The molecule has 0 amide bonds. The van der Waals surface area contributed by atoms with Crippen LogP contribution in [0.2, 0.25) is 0 Å². The molecule has 7 nitrogen and oxygen atoms in total. The minimum Gasteiger partial charge on any atom is -0.368 e. The predicted molar refractivity (Wildman–Crippen MR) is 129 cm³/mol. The summed E-state index contributed by atoms with van der Waals surface area (Å²) in [6, 6.07) is 6.34. The van der Waals surface area contributed by atoms with E-state index in [1.165, 1.54) is 16.8 Å². The molecule has 0 unspecified atom stereocenters. The zero-order chi connectivity index (χ0) is 20.0. The lowest BCUT2D eigenvalue weighted by atomic mass is 10.1. The first kappa shape index (κ1) is 25.0. The Bertz CT molecular complexity index is 760. The van der Waals surface area contributed by atoms with Crippen LogP contribution in [0.1, 0.15) is 25.0 Å². The number of benzene rings is 1. The van der Waals surface area contributed by atoms with Crippen molar-refractivity contribution in [1.29, 1.82) is 0 Å². The van der Waals surface area contributed by atoms with Crippen molar-refractivity contribution in [2.24, 2.45) is 4.99 Å². The van der Waals surface area contributed by atoms with Crippen LogP contribution in [-0.4, -0.2) is 70.8 Å². The number of piperazine rings is 1. The molecule has 0 spiro atoms. The van der Waals surface area contributed by atoms with Crippen LogP contribution in [0.25, 0.3) is 0 Å². The summed E-state index contributed by atoms with van der Waals surface area (Å²) < 4.78 is 26.5. The van der Waals surface area contributed by atoms with E-state index in [0.29, 0.717) is 6.54 Å².